The summed E-state index contributed by atoms with van der Waals surface area (Å²) in [6, 6.07) is 16.1. The number of benzene rings is 2. The van der Waals surface area contributed by atoms with E-state index in [4.69, 9.17) is 0 Å². The maximum absolute atomic E-state index is 4.40. The van der Waals surface area contributed by atoms with Gasteiger partial charge in [-0.1, -0.05) is 52.1 Å². The minimum atomic E-state index is 0.619. The molecule has 2 aromatic carbocycles. The molecule has 0 bridgehead atoms. The topological polar surface area (TPSA) is 54.9 Å². The molecule has 22 heavy (non-hydrogen) atoms. The first-order valence-corrected chi connectivity index (χ1v) is 8.29. The Morgan fingerprint density at radius 2 is 1.73 bits per heavy atom. The molecule has 0 spiro atoms. The third-order valence-corrected chi connectivity index (χ3v) is 5.28. The Bertz CT molecular complexity index is 1020. The first kappa shape index (κ1) is 13.3. The Kier molecular flexibility index (Phi) is 3.28. The summed E-state index contributed by atoms with van der Waals surface area (Å²) < 4.78 is 4.29. The molecule has 0 saturated heterocycles. The largest absolute Gasteiger partial charge is 0.318 e. The van der Waals surface area contributed by atoms with Gasteiger partial charge in [-0.3, -0.25) is 0 Å². The minimum absolute atomic E-state index is 0.619. The lowest BCUT2D eigenvalue weighted by Crippen LogP contribution is -2.08. The first-order valence-electron chi connectivity index (χ1n) is 6.66. The summed E-state index contributed by atoms with van der Waals surface area (Å²) in [5.41, 5.74) is 2.08. The van der Waals surface area contributed by atoms with Crippen LogP contribution in [0.2, 0.25) is 0 Å². The molecule has 4 aromatic rings. The predicted molar refractivity (Wildman–Crippen MR) is 90.5 cm³/mol. The quantitative estimate of drug-likeness (QED) is 0.397. The molecule has 2 aromatic heterocycles. The van der Waals surface area contributed by atoms with E-state index in [1.54, 1.807) is 11.3 Å². The van der Waals surface area contributed by atoms with Gasteiger partial charge in [-0.15, -0.1) is 5.10 Å². The Morgan fingerprint density at radius 1 is 0.955 bits per heavy atom. The van der Waals surface area contributed by atoms with Crippen molar-refractivity contribution in [1.29, 1.82) is 0 Å². The zero-order valence-electron chi connectivity index (χ0n) is 11.7. The van der Waals surface area contributed by atoms with Crippen LogP contribution in [0.5, 0.6) is 0 Å². The van der Waals surface area contributed by atoms with E-state index in [0.717, 1.165) is 20.5 Å². The first-order chi connectivity index (χ1) is 10.8. The lowest BCUT2D eigenvalue weighted by molar-refractivity contribution is 0.867. The summed E-state index contributed by atoms with van der Waals surface area (Å²) in [5, 5.41) is 12.9. The van der Waals surface area contributed by atoms with Gasteiger partial charge >= 0.3 is 0 Å². The van der Waals surface area contributed by atoms with Crippen molar-refractivity contribution in [3.63, 3.8) is 0 Å². The van der Waals surface area contributed by atoms with E-state index in [1.807, 2.05) is 48.0 Å². The van der Waals surface area contributed by atoms with E-state index in [9.17, 15) is 0 Å². The van der Waals surface area contributed by atoms with Gasteiger partial charge in [0.1, 0.15) is 0 Å². The summed E-state index contributed by atoms with van der Waals surface area (Å²) in [4.78, 5) is 5.21. The van der Waals surface area contributed by atoms with Gasteiger partial charge in [-0.2, -0.15) is 0 Å². The van der Waals surface area contributed by atoms with Gasteiger partial charge in [0.2, 0.25) is 9.93 Å². The molecule has 5 nitrogen and oxygen atoms in total. The summed E-state index contributed by atoms with van der Waals surface area (Å²) in [6.07, 6.45) is 0. The van der Waals surface area contributed by atoms with Crippen LogP contribution in [0.1, 0.15) is 0 Å². The Hall–Kier alpha value is -2.38. The second-order valence-corrected chi connectivity index (χ2v) is 6.68. The maximum atomic E-state index is 4.40. The van der Waals surface area contributed by atoms with Crippen molar-refractivity contribution in [2.45, 2.75) is 0 Å². The molecule has 108 valence electrons. The van der Waals surface area contributed by atoms with Crippen LogP contribution in [0.25, 0.3) is 20.4 Å². The average Bonchev–Trinajstić information content (AvgIpc) is 3.09. The fraction of sp³-hybridized carbons (Fsp3) is 0.0667. The standard InChI is InChI=1S/C15H11N5S2/c1-20-11-7-3-5-9-13(11)22-15(20)18-19-17-14-16-10-6-2-4-8-12(10)21-14/h2-9H,1H3. The van der Waals surface area contributed by atoms with Crippen molar-refractivity contribution < 1.29 is 0 Å². The van der Waals surface area contributed by atoms with Crippen molar-refractivity contribution in [1.82, 2.24) is 9.55 Å². The van der Waals surface area contributed by atoms with Gasteiger partial charge in [0.25, 0.3) is 0 Å². The lowest BCUT2D eigenvalue weighted by Gasteiger charge is -1.91. The molecule has 2 heterocycles. The molecule has 0 saturated carbocycles. The fourth-order valence-electron chi connectivity index (χ4n) is 2.18. The van der Waals surface area contributed by atoms with Crippen LogP contribution < -0.4 is 4.80 Å². The van der Waals surface area contributed by atoms with Gasteiger partial charge in [0.15, 0.2) is 0 Å². The number of aromatic nitrogens is 2. The van der Waals surface area contributed by atoms with E-state index in [1.165, 1.54) is 16.0 Å². The van der Waals surface area contributed by atoms with Gasteiger partial charge in [-0.25, -0.2) is 4.98 Å². The van der Waals surface area contributed by atoms with Gasteiger partial charge < -0.3 is 4.57 Å². The highest BCUT2D eigenvalue weighted by Gasteiger charge is 2.02. The molecule has 0 radical (unpaired) electrons. The molecule has 0 atom stereocenters. The van der Waals surface area contributed by atoms with Crippen LogP contribution in [0.3, 0.4) is 0 Å². The van der Waals surface area contributed by atoms with E-state index in [-0.39, 0.29) is 0 Å². The Morgan fingerprint density at radius 3 is 2.55 bits per heavy atom. The number of fused-ring (bicyclic) bond motifs is 2. The number of aryl methyl sites for hydroxylation is 1. The van der Waals surface area contributed by atoms with Crippen LogP contribution in [-0.2, 0) is 7.05 Å². The van der Waals surface area contributed by atoms with Crippen molar-refractivity contribution >= 4 is 48.2 Å². The number of nitrogens with zero attached hydrogens (tertiary/aromatic N) is 5. The lowest BCUT2D eigenvalue weighted by atomic mass is 10.3. The molecular formula is C15H11N5S2. The number of rotatable bonds is 2. The molecule has 0 aliphatic rings. The van der Waals surface area contributed by atoms with Crippen LogP contribution in [0, 0.1) is 0 Å². The summed E-state index contributed by atoms with van der Waals surface area (Å²) in [6.45, 7) is 0. The van der Waals surface area contributed by atoms with E-state index >= 15 is 0 Å². The SMILES string of the molecule is Cn1c(=NN=Nc2nc3ccccc3s2)sc2ccccc21. The highest BCUT2D eigenvalue weighted by Crippen LogP contribution is 2.27. The highest BCUT2D eigenvalue weighted by molar-refractivity contribution is 7.21. The molecule has 4 rings (SSSR count). The fourth-order valence-corrected chi connectivity index (χ4v) is 3.93. The molecule has 0 fully saturated rings. The van der Waals surface area contributed by atoms with Crippen molar-refractivity contribution in [2.75, 3.05) is 0 Å². The third-order valence-electron chi connectivity index (χ3n) is 3.26. The van der Waals surface area contributed by atoms with Crippen LogP contribution in [0.15, 0.2) is 64.0 Å². The summed E-state index contributed by atoms with van der Waals surface area (Å²) in [5.74, 6) is 0. The molecular weight excluding hydrogens is 314 g/mol. The average molecular weight is 325 g/mol. The van der Waals surface area contributed by atoms with Crippen LogP contribution in [-0.4, -0.2) is 9.55 Å². The van der Waals surface area contributed by atoms with E-state index in [0.29, 0.717) is 5.13 Å². The number of thiazole rings is 2. The van der Waals surface area contributed by atoms with Crippen LogP contribution in [0.4, 0.5) is 5.13 Å². The number of hydrogen-bond donors (Lipinski definition) is 0. The Labute approximate surface area is 133 Å². The molecule has 0 aliphatic carbocycles. The second kappa shape index (κ2) is 5.43. The molecule has 0 unspecified atom stereocenters. The highest BCUT2D eigenvalue weighted by atomic mass is 32.1. The normalized spacial score (nSPS) is 12.9. The van der Waals surface area contributed by atoms with Crippen molar-refractivity contribution in [3.05, 3.63) is 53.3 Å². The molecule has 0 aliphatic heterocycles. The third kappa shape index (κ3) is 2.34. The molecule has 7 heteroatoms. The van der Waals surface area contributed by atoms with Crippen molar-refractivity contribution in [3.8, 4) is 0 Å². The van der Waals surface area contributed by atoms with E-state index < -0.39 is 0 Å². The maximum Gasteiger partial charge on any atom is 0.232 e. The van der Waals surface area contributed by atoms with Gasteiger partial charge in [-0.05, 0) is 29.5 Å². The zero-order valence-corrected chi connectivity index (χ0v) is 13.3. The van der Waals surface area contributed by atoms with Crippen molar-refractivity contribution in [2.24, 2.45) is 22.5 Å². The summed E-state index contributed by atoms with van der Waals surface area (Å²) in [7, 11) is 1.98. The second-order valence-electron chi connectivity index (χ2n) is 4.66. The van der Waals surface area contributed by atoms with Gasteiger partial charge in [0.05, 0.1) is 20.4 Å². The van der Waals surface area contributed by atoms with E-state index in [2.05, 4.69) is 32.6 Å². The predicted octanol–water partition coefficient (Wildman–Crippen LogP) is 4.45. The molecule has 0 N–H and O–H groups in total. The Balaban J connectivity index is 1.71. The zero-order chi connectivity index (χ0) is 14.9. The number of hydrogen-bond acceptors (Lipinski definition) is 5. The van der Waals surface area contributed by atoms with Crippen LogP contribution >= 0.6 is 22.7 Å². The number of para-hydroxylation sites is 2. The minimum Gasteiger partial charge on any atom is -0.318 e. The molecule has 0 amide bonds. The monoisotopic (exact) mass is 325 g/mol. The van der Waals surface area contributed by atoms with Gasteiger partial charge in [0, 0.05) is 7.05 Å². The summed E-state index contributed by atoms with van der Waals surface area (Å²) >= 11 is 3.10. The smallest absolute Gasteiger partial charge is 0.232 e.